The van der Waals surface area contributed by atoms with E-state index in [-0.39, 0.29) is 18.3 Å². The Labute approximate surface area is 102 Å². The van der Waals surface area contributed by atoms with Crippen molar-refractivity contribution in [1.29, 1.82) is 0 Å². The van der Waals surface area contributed by atoms with Crippen LogP contribution in [-0.2, 0) is 9.31 Å². The zero-order valence-corrected chi connectivity index (χ0v) is 10.9. The van der Waals surface area contributed by atoms with Gasteiger partial charge in [-0.05, 0) is 40.5 Å². The predicted octanol–water partition coefficient (Wildman–Crippen LogP) is 1.52. The van der Waals surface area contributed by atoms with Crippen LogP contribution in [0, 0.1) is 0 Å². The molecule has 1 saturated carbocycles. The van der Waals surface area contributed by atoms with Crippen molar-refractivity contribution in [3.8, 4) is 0 Å². The number of rotatable bonds is 2. The average molecular weight is 234 g/mol. The highest BCUT2D eigenvalue weighted by Crippen LogP contribution is 2.38. The van der Waals surface area contributed by atoms with Crippen LogP contribution in [0.25, 0.3) is 0 Å². The zero-order chi connectivity index (χ0) is 12.3. The van der Waals surface area contributed by atoms with E-state index < -0.39 is 0 Å². The predicted molar refractivity (Wildman–Crippen MR) is 66.2 cm³/mol. The molecule has 92 valence electrons. The largest absolute Gasteiger partial charge is 0.514 e. The van der Waals surface area contributed by atoms with Crippen molar-refractivity contribution in [2.24, 2.45) is 0 Å². The van der Waals surface area contributed by atoms with Crippen molar-refractivity contribution < 1.29 is 9.31 Å². The summed E-state index contributed by atoms with van der Waals surface area (Å²) in [5.41, 5.74) is 0.484. The molecule has 0 radical (unpaired) electrons. The number of aromatic nitrogens is 2. The van der Waals surface area contributed by atoms with Crippen molar-refractivity contribution in [3.63, 3.8) is 0 Å². The molecule has 17 heavy (non-hydrogen) atoms. The van der Waals surface area contributed by atoms with Gasteiger partial charge >= 0.3 is 7.12 Å². The van der Waals surface area contributed by atoms with Crippen LogP contribution in [0.15, 0.2) is 12.5 Å². The summed E-state index contributed by atoms with van der Waals surface area (Å²) in [6.45, 7) is 8.30. The fourth-order valence-electron chi connectivity index (χ4n) is 2.12. The lowest BCUT2D eigenvalue weighted by molar-refractivity contribution is 0.00578. The van der Waals surface area contributed by atoms with Gasteiger partial charge in [0.05, 0.1) is 23.1 Å². The first kappa shape index (κ1) is 11.3. The molecule has 3 rings (SSSR count). The summed E-state index contributed by atoms with van der Waals surface area (Å²) in [5, 5.41) is 0. The fourth-order valence-corrected chi connectivity index (χ4v) is 2.12. The normalized spacial score (nSPS) is 26.5. The van der Waals surface area contributed by atoms with Crippen LogP contribution in [0.2, 0.25) is 0 Å². The Bertz CT molecular complexity index is 421. The summed E-state index contributed by atoms with van der Waals surface area (Å²) >= 11 is 0. The second-order valence-electron chi connectivity index (χ2n) is 6.05. The van der Waals surface area contributed by atoms with Gasteiger partial charge in [0, 0.05) is 12.2 Å². The molecule has 5 heteroatoms. The lowest BCUT2D eigenvalue weighted by Crippen LogP contribution is -2.41. The molecule has 0 bridgehead atoms. The number of hydrogen-bond acceptors (Lipinski definition) is 3. The highest BCUT2D eigenvalue weighted by Gasteiger charge is 2.53. The van der Waals surface area contributed by atoms with Gasteiger partial charge in [-0.2, -0.15) is 0 Å². The summed E-state index contributed by atoms with van der Waals surface area (Å²) in [6, 6.07) is 0.603. The van der Waals surface area contributed by atoms with Crippen molar-refractivity contribution in [2.45, 2.75) is 57.8 Å². The lowest BCUT2D eigenvalue weighted by Gasteiger charge is -2.32. The Morgan fingerprint density at radius 2 is 1.82 bits per heavy atom. The summed E-state index contributed by atoms with van der Waals surface area (Å²) in [6.07, 6.45) is 6.23. The molecular weight excluding hydrogens is 215 g/mol. The van der Waals surface area contributed by atoms with E-state index in [1.54, 1.807) is 0 Å². The van der Waals surface area contributed by atoms with Crippen LogP contribution in [-0.4, -0.2) is 27.9 Å². The van der Waals surface area contributed by atoms with E-state index in [2.05, 4.69) is 37.2 Å². The monoisotopic (exact) mass is 234 g/mol. The molecule has 0 spiro atoms. The van der Waals surface area contributed by atoms with Crippen molar-refractivity contribution in [2.75, 3.05) is 0 Å². The molecular formula is C12H19BN2O2. The summed E-state index contributed by atoms with van der Waals surface area (Å²) in [4.78, 5) is 4.23. The van der Waals surface area contributed by atoms with Crippen molar-refractivity contribution in [1.82, 2.24) is 9.55 Å². The number of imidazole rings is 1. The van der Waals surface area contributed by atoms with E-state index >= 15 is 0 Å². The Hall–Kier alpha value is -0.805. The van der Waals surface area contributed by atoms with Crippen molar-refractivity contribution >= 4 is 12.7 Å². The minimum Gasteiger partial charge on any atom is -0.398 e. The molecule has 2 heterocycles. The van der Waals surface area contributed by atoms with Crippen LogP contribution in [0.1, 0.15) is 46.6 Å². The Morgan fingerprint density at radius 3 is 2.35 bits per heavy atom. The summed E-state index contributed by atoms with van der Waals surface area (Å²) in [7, 11) is -0.289. The first-order chi connectivity index (χ1) is 7.91. The standard InChI is InChI=1S/C12H19BN2O2/c1-11(2)12(3,4)17-13(16-11)10-7-14-8-15(10)9-5-6-9/h7-9H,5-6H2,1-4H3. The zero-order valence-electron chi connectivity index (χ0n) is 10.9. The van der Waals surface area contributed by atoms with Gasteiger partial charge in [-0.15, -0.1) is 0 Å². The maximum atomic E-state index is 6.04. The van der Waals surface area contributed by atoms with Gasteiger partial charge in [0.2, 0.25) is 0 Å². The first-order valence-corrected chi connectivity index (χ1v) is 6.28. The van der Waals surface area contributed by atoms with E-state index in [0.717, 1.165) is 5.59 Å². The Morgan fingerprint density at radius 1 is 1.24 bits per heavy atom. The third kappa shape index (κ3) is 1.72. The van der Waals surface area contributed by atoms with Gasteiger partial charge in [0.25, 0.3) is 0 Å². The molecule has 1 aromatic heterocycles. The van der Waals surface area contributed by atoms with E-state index in [1.807, 2.05) is 12.5 Å². The third-order valence-electron chi connectivity index (χ3n) is 4.13. The minimum absolute atomic E-state index is 0.281. The Balaban J connectivity index is 1.89. The van der Waals surface area contributed by atoms with Crippen LogP contribution in [0.3, 0.4) is 0 Å². The maximum Gasteiger partial charge on any atom is 0.514 e. The fraction of sp³-hybridized carbons (Fsp3) is 0.750. The molecule has 0 atom stereocenters. The first-order valence-electron chi connectivity index (χ1n) is 6.28. The third-order valence-corrected chi connectivity index (χ3v) is 4.13. The number of hydrogen-bond donors (Lipinski definition) is 0. The van der Waals surface area contributed by atoms with Gasteiger partial charge in [0.1, 0.15) is 0 Å². The topological polar surface area (TPSA) is 36.3 Å². The Kier molecular flexibility index (Phi) is 2.23. The molecule has 1 aliphatic heterocycles. The van der Waals surface area contributed by atoms with Crippen LogP contribution in [0.5, 0.6) is 0 Å². The molecule has 0 unspecified atom stereocenters. The maximum absolute atomic E-state index is 6.04. The van der Waals surface area contributed by atoms with Crippen LogP contribution < -0.4 is 5.59 Å². The van der Waals surface area contributed by atoms with E-state index in [1.165, 1.54) is 12.8 Å². The minimum atomic E-state index is -0.289. The van der Waals surface area contributed by atoms with E-state index in [9.17, 15) is 0 Å². The van der Waals surface area contributed by atoms with Gasteiger partial charge in [0.15, 0.2) is 0 Å². The smallest absolute Gasteiger partial charge is 0.398 e. The molecule has 0 amide bonds. The molecule has 2 fully saturated rings. The van der Waals surface area contributed by atoms with Gasteiger partial charge < -0.3 is 13.9 Å². The average Bonchev–Trinajstić information content (AvgIpc) is 2.88. The van der Waals surface area contributed by atoms with Crippen LogP contribution in [0.4, 0.5) is 0 Å². The molecule has 1 aliphatic carbocycles. The van der Waals surface area contributed by atoms with E-state index in [4.69, 9.17) is 9.31 Å². The van der Waals surface area contributed by atoms with E-state index in [0.29, 0.717) is 6.04 Å². The SMILES string of the molecule is CC1(C)OB(c2cncn2C2CC2)OC1(C)C. The molecule has 0 N–H and O–H groups in total. The highest BCUT2D eigenvalue weighted by atomic mass is 16.7. The summed E-state index contributed by atoms with van der Waals surface area (Å²) in [5.74, 6) is 0. The summed E-state index contributed by atoms with van der Waals surface area (Å²) < 4.78 is 14.3. The number of nitrogens with zero attached hydrogens (tertiary/aromatic N) is 2. The quantitative estimate of drug-likeness (QED) is 0.728. The molecule has 1 aromatic rings. The second kappa shape index (κ2) is 3.36. The second-order valence-corrected chi connectivity index (χ2v) is 6.05. The highest BCUT2D eigenvalue weighted by molar-refractivity contribution is 6.61. The molecule has 1 saturated heterocycles. The van der Waals surface area contributed by atoms with Crippen molar-refractivity contribution in [3.05, 3.63) is 12.5 Å². The molecule has 4 nitrogen and oxygen atoms in total. The van der Waals surface area contributed by atoms with Crippen LogP contribution >= 0.6 is 0 Å². The van der Waals surface area contributed by atoms with Gasteiger partial charge in [-0.25, -0.2) is 4.98 Å². The molecule has 0 aromatic carbocycles. The lowest BCUT2D eigenvalue weighted by atomic mass is 9.85. The van der Waals surface area contributed by atoms with Gasteiger partial charge in [-0.1, -0.05) is 0 Å². The van der Waals surface area contributed by atoms with Gasteiger partial charge in [-0.3, -0.25) is 0 Å². The molecule has 2 aliphatic rings.